The first-order valence-electron chi connectivity index (χ1n) is 11.8. The first-order chi connectivity index (χ1) is 15.6. The number of hydrogen-bond donors (Lipinski definition) is 3. The first kappa shape index (κ1) is 23.4. The van der Waals surface area contributed by atoms with E-state index in [0.29, 0.717) is 11.6 Å². The van der Waals surface area contributed by atoms with Crippen LogP contribution in [-0.2, 0) is 11.2 Å². The molecule has 3 heterocycles. The molecule has 4 rings (SSSR count). The van der Waals surface area contributed by atoms with Gasteiger partial charge in [0.25, 0.3) is 0 Å². The number of pyridine rings is 1. The van der Waals surface area contributed by atoms with E-state index in [0.717, 1.165) is 48.8 Å². The van der Waals surface area contributed by atoms with Gasteiger partial charge in [-0.15, -0.1) is 0 Å². The Bertz CT molecular complexity index is 1110. The van der Waals surface area contributed by atoms with Gasteiger partial charge in [0.1, 0.15) is 23.6 Å². The summed E-state index contributed by atoms with van der Waals surface area (Å²) >= 11 is 0. The van der Waals surface area contributed by atoms with E-state index in [1.165, 1.54) is 6.33 Å². The lowest BCUT2D eigenvalue weighted by molar-refractivity contribution is -0.221. The van der Waals surface area contributed by atoms with Crippen molar-refractivity contribution < 1.29 is 9.84 Å². The monoisotopic (exact) mass is 452 g/mol. The number of fused-ring (bicyclic) bond motifs is 1. The number of ether oxygens (including phenoxy) is 1. The van der Waals surface area contributed by atoms with Crippen molar-refractivity contribution in [3.05, 3.63) is 42.5 Å². The highest BCUT2D eigenvalue weighted by atomic mass is 16.6. The molecule has 0 spiro atoms. The highest BCUT2D eigenvalue weighted by Gasteiger charge is 2.51. The standard InChI is InChI=1S/C25H36N6O2/c1-16-21(33-24(2,3)32)19(31-13-11-18-22(27)28-15-29-23(18)31)14-25(16,4)12-6-5-8-17-9-7-10-20(26)30-17/h7,9-11,13,15-16,19,21,32H,5-6,8,12,14H2,1-4H3,(H2,26,30)(H2,27,28,29)/t16-,19+,21+,25-/m0/s1. The highest BCUT2D eigenvalue weighted by Crippen LogP contribution is 2.53. The number of nitrogens with zero attached hydrogens (tertiary/aromatic N) is 4. The summed E-state index contributed by atoms with van der Waals surface area (Å²) in [5.41, 5.74) is 13.8. The van der Waals surface area contributed by atoms with Crippen molar-refractivity contribution >= 4 is 22.7 Å². The third-order valence-corrected chi connectivity index (χ3v) is 7.23. The van der Waals surface area contributed by atoms with Crippen LogP contribution in [-0.4, -0.2) is 36.5 Å². The Kier molecular flexibility index (Phi) is 6.33. The highest BCUT2D eigenvalue weighted by molar-refractivity contribution is 5.86. The molecule has 0 aromatic carbocycles. The lowest BCUT2D eigenvalue weighted by Gasteiger charge is -2.34. The molecule has 0 amide bonds. The molecular formula is C25H36N6O2. The molecule has 0 saturated heterocycles. The van der Waals surface area contributed by atoms with Gasteiger partial charge < -0.3 is 25.9 Å². The maximum absolute atomic E-state index is 10.5. The smallest absolute Gasteiger partial charge is 0.160 e. The van der Waals surface area contributed by atoms with Crippen molar-refractivity contribution in [2.24, 2.45) is 11.3 Å². The second-order valence-electron chi connectivity index (χ2n) is 10.2. The van der Waals surface area contributed by atoms with E-state index in [4.69, 9.17) is 16.2 Å². The number of rotatable bonds is 8. The number of aryl methyl sites for hydroxylation is 1. The van der Waals surface area contributed by atoms with Crippen molar-refractivity contribution in [2.45, 2.75) is 77.7 Å². The summed E-state index contributed by atoms with van der Waals surface area (Å²) in [5.74, 6) is 0.0682. The fraction of sp³-hybridized carbons (Fsp3) is 0.560. The Morgan fingerprint density at radius 1 is 1.21 bits per heavy atom. The molecule has 1 aliphatic rings. The van der Waals surface area contributed by atoms with Gasteiger partial charge in [0.15, 0.2) is 5.79 Å². The normalized spacial score (nSPS) is 25.7. The summed E-state index contributed by atoms with van der Waals surface area (Å²) in [7, 11) is 0. The predicted octanol–water partition coefficient (Wildman–Crippen LogP) is 4.10. The van der Waals surface area contributed by atoms with E-state index >= 15 is 0 Å². The van der Waals surface area contributed by atoms with Gasteiger partial charge in [-0.3, -0.25) is 0 Å². The molecular weight excluding hydrogens is 416 g/mol. The van der Waals surface area contributed by atoms with Gasteiger partial charge in [-0.2, -0.15) is 0 Å². The largest absolute Gasteiger partial charge is 0.384 e. The van der Waals surface area contributed by atoms with Crippen LogP contribution in [0.3, 0.4) is 0 Å². The van der Waals surface area contributed by atoms with Gasteiger partial charge in [-0.05, 0) is 69.1 Å². The van der Waals surface area contributed by atoms with E-state index in [1.54, 1.807) is 13.8 Å². The second-order valence-corrected chi connectivity index (χ2v) is 10.2. The maximum atomic E-state index is 10.5. The zero-order valence-corrected chi connectivity index (χ0v) is 20.0. The molecule has 0 unspecified atom stereocenters. The molecule has 178 valence electrons. The Morgan fingerprint density at radius 3 is 2.73 bits per heavy atom. The lowest BCUT2D eigenvalue weighted by Crippen LogP contribution is -2.37. The average molecular weight is 453 g/mol. The third kappa shape index (κ3) is 4.96. The Labute approximate surface area is 195 Å². The van der Waals surface area contributed by atoms with Gasteiger partial charge in [-0.1, -0.05) is 26.3 Å². The second kappa shape index (κ2) is 8.91. The SMILES string of the molecule is C[C@H]1[C@@H](OC(C)(C)O)[C@H](n2ccc3c(N)ncnc32)C[C@]1(C)CCCCc1cccc(N)n1. The molecule has 0 bridgehead atoms. The molecule has 0 aliphatic heterocycles. The minimum Gasteiger partial charge on any atom is -0.384 e. The molecule has 3 aromatic heterocycles. The molecule has 1 fully saturated rings. The van der Waals surface area contributed by atoms with Gasteiger partial charge in [0.2, 0.25) is 0 Å². The van der Waals surface area contributed by atoms with E-state index in [-0.39, 0.29) is 23.5 Å². The van der Waals surface area contributed by atoms with Crippen LogP contribution < -0.4 is 11.5 Å². The van der Waals surface area contributed by atoms with Crippen LogP contribution in [0.25, 0.3) is 11.0 Å². The van der Waals surface area contributed by atoms with Crippen molar-refractivity contribution in [3.63, 3.8) is 0 Å². The third-order valence-electron chi connectivity index (χ3n) is 7.23. The summed E-state index contributed by atoms with van der Waals surface area (Å²) in [5, 5.41) is 11.4. The number of aromatic nitrogens is 4. The van der Waals surface area contributed by atoms with Crippen LogP contribution in [0, 0.1) is 11.3 Å². The van der Waals surface area contributed by atoms with Crippen LogP contribution in [0.1, 0.15) is 65.1 Å². The topological polar surface area (TPSA) is 125 Å². The predicted molar refractivity (Wildman–Crippen MR) is 130 cm³/mol. The van der Waals surface area contributed by atoms with Gasteiger partial charge in [-0.25, -0.2) is 15.0 Å². The fourth-order valence-corrected chi connectivity index (χ4v) is 5.34. The summed E-state index contributed by atoms with van der Waals surface area (Å²) < 4.78 is 8.40. The lowest BCUT2D eigenvalue weighted by atomic mass is 9.76. The van der Waals surface area contributed by atoms with Gasteiger partial charge >= 0.3 is 0 Å². The number of nitrogen functional groups attached to an aromatic ring is 2. The van der Waals surface area contributed by atoms with Crippen molar-refractivity contribution in [2.75, 3.05) is 11.5 Å². The zero-order valence-electron chi connectivity index (χ0n) is 20.0. The van der Waals surface area contributed by atoms with Crippen LogP contribution in [0.15, 0.2) is 36.8 Å². The molecule has 1 aliphatic carbocycles. The van der Waals surface area contributed by atoms with Crippen molar-refractivity contribution in [3.8, 4) is 0 Å². The molecule has 5 N–H and O–H groups in total. The average Bonchev–Trinajstić information content (AvgIpc) is 3.27. The van der Waals surface area contributed by atoms with Gasteiger partial charge in [0.05, 0.1) is 17.5 Å². The molecule has 1 saturated carbocycles. The summed E-state index contributed by atoms with van der Waals surface area (Å²) in [4.78, 5) is 13.0. The Hall–Kier alpha value is -2.71. The number of hydrogen-bond acceptors (Lipinski definition) is 7. The number of anilines is 2. The molecule has 0 radical (unpaired) electrons. The zero-order chi connectivity index (χ0) is 23.8. The Balaban J connectivity index is 1.53. The number of nitrogens with two attached hydrogens (primary N) is 2. The fourth-order valence-electron chi connectivity index (χ4n) is 5.34. The minimum absolute atomic E-state index is 0.0406. The van der Waals surface area contributed by atoms with E-state index in [1.807, 2.05) is 30.5 Å². The molecule has 3 aromatic rings. The van der Waals surface area contributed by atoms with E-state index in [9.17, 15) is 5.11 Å². The summed E-state index contributed by atoms with van der Waals surface area (Å²) in [6.07, 6.45) is 8.41. The summed E-state index contributed by atoms with van der Waals surface area (Å²) in [6.45, 7) is 7.97. The molecule has 8 heteroatoms. The quantitative estimate of drug-likeness (QED) is 0.347. The van der Waals surface area contributed by atoms with Crippen molar-refractivity contribution in [1.82, 2.24) is 19.5 Å². The van der Waals surface area contributed by atoms with Crippen LogP contribution in [0.5, 0.6) is 0 Å². The van der Waals surface area contributed by atoms with Crippen LogP contribution in [0.2, 0.25) is 0 Å². The number of unbranched alkanes of at least 4 members (excludes halogenated alkanes) is 1. The molecule has 8 nitrogen and oxygen atoms in total. The van der Waals surface area contributed by atoms with E-state index < -0.39 is 5.79 Å². The first-order valence-corrected chi connectivity index (χ1v) is 11.8. The minimum atomic E-state index is -1.22. The van der Waals surface area contributed by atoms with Gasteiger partial charge in [0, 0.05) is 11.9 Å². The van der Waals surface area contributed by atoms with Crippen molar-refractivity contribution in [1.29, 1.82) is 0 Å². The van der Waals surface area contributed by atoms with E-state index in [2.05, 4.69) is 33.4 Å². The Morgan fingerprint density at radius 2 is 2.00 bits per heavy atom. The number of aliphatic hydroxyl groups is 1. The summed E-state index contributed by atoms with van der Waals surface area (Å²) in [6, 6.07) is 7.81. The van der Waals surface area contributed by atoms with Crippen LogP contribution in [0.4, 0.5) is 11.6 Å². The molecule has 4 atom stereocenters. The molecule has 33 heavy (non-hydrogen) atoms. The maximum Gasteiger partial charge on any atom is 0.160 e. The van der Waals surface area contributed by atoms with Crippen LogP contribution >= 0.6 is 0 Å².